The third kappa shape index (κ3) is 7.89. The molecule has 0 saturated carbocycles. The number of hydrogen-bond donors (Lipinski definition) is 3. The fraction of sp³-hybridized carbons (Fsp3) is 0.833. The van der Waals surface area contributed by atoms with Crippen LogP contribution in [0.5, 0.6) is 0 Å². The summed E-state index contributed by atoms with van der Waals surface area (Å²) in [5.74, 6) is -0.826. The fourth-order valence-corrected chi connectivity index (χ4v) is 1.56. The molecule has 0 spiro atoms. The molecule has 0 heterocycles. The molecule has 0 unspecified atom stereocenters. The predicted octanol–water partition coefficient (Wildman–Crippen LogP) is 0.881. The van der Waals surface area contributed by atoms with E-state index >= 15 is 0 Å². The Labute approximate surface area is 109 Å². The van der Waals surface area contributed by atoms with E-state index in [-0.39, 0.29) is 18.5 Å². The average Bonchev–Trinajstić information content (AvgIpc) is 2.29. The van der Waals surface area contributed by atoms with Gasteiger partial charge in [-0.2, -0.15) is 0 Å². The smallest absolute Gasteiger partial charge is 0.317 e. The second-order valence-corrected chi connectivity index (χ2v) is 4.47. The minimum Gasteiger partial charge on any atom is -0.481 e. The molecule has 3 N–H and O–H groups in total. The Hall–Kier alpha value is -1.30. The molecule has 0 atom stereocenters. The van der Waals surface area contributed by atoms with Crippen LogP contribution in [0.25, 0.3) is 0 Å². The van der Waals surface area contributed by atoms with E-state index in [1.165, 1.54) is 0 Å². The number of amides is 2. The van der Waals surface area contributed by atoms with E-state index in [2.05, 4.69) is 10.6 Å². The summed E-state index contributed by atoms with van der Waals surface area (Å²) in [5, 5.41) is 14.4. The van der Waals surface area contributed by atoms with Gasteiger partial charge in [-0.05, 0) is 40.3 Å². The number of carbonyl (C=O) groups excluding carboxylic acids is 1. The van der Waals surface area contributed by atoms with Crippen LogP contribution in [0.1, 0.15) is 33.1 Å². The van der Waals surface area contributed by atoms with Crippen LogP contribution in [0.3, 0.4) is 0 Å². The van der Waals surface area contributed by atoms with E-state index in [1.54, 1.807) is 4.90 Å². The van der Waals surface area contributed by atoms with Crippen LogP contribution in [0, 0.1) is 0 Å². The van der Waals surface area contributed by atoms with Crippen LogP contribution in [-0.2, 0) is 4.79 Å². The number of rotatable bonds is 9. The molecule has 106 valence electrons. The predicted molar refractivity (Wildman–Crippen MR) is 70.7 cm³/mol. The van der Waals surface area contributed by atoms with E-state index in [0.717, 1.165) is 13.0 Å². The molecule has 0 aliphatic carbocycles. The normalized spacial score (nSPS) is 10.4. The highest BCUT2D eigenvalue weighted by Crippen LogP contribution is 2.02. The minimum absolute atomic E-state index is 0.0723. The van der Waals surface area contributed by atoms with E-state index in [9.17, 15) is 9.59 Å². The topological polar surface area (TPSA) is 81.7 Å². The third-order valence-electron chi connectivity index (χ3n) is 2.55. The molecule has 6 heteroatoms. The second kappa shape index (κ2) is 9.70. The summed E-state index contributed by atoms with van der Waals surface area (Å²) in [6, 6.07) is -0.0467. The van der Waals surface area contributed by atoms with E-state index in [1.807, 2.05) is 20.9 Å². The van der Waals surface area contributed by atoms with Crippen molar-refractivity contribution in [2.75, 3.05) is 26.7 Å². The molecule has 0 radical (unpaired) electrons. The van der Waals surface area contributed by atoms with Gasteiger partial charge in [0, 0.05) is 25.6 Å². The molecule has 0 aromatic carbocycles. The standard InChI is InChI=1S/C12H25N3O3/c1-10(2)15(9-4-6-11(16)17)12(18)14-8-5-7-13-3/h10,13H,4-9H2,1-3H3,(H,14,18)(H,16,17). The summed E-state index contributed by atoms with van der Waals surface area (Å²) >= 11 is 0. The van der Waals surface area contributed by atoms with Gasteiger partial charge in [-0.1, -0.05) is 0 Å². The zero-order valence-electron chi connectivity index (χ0n) is 11.5. The van der Waals surface area contributed by atoms with Crippen molar-refractivity contribution in [3.8, 4) is 0 Å². The van der Waals surface area contributed by atoms with Crippen molar-refractivity contribution in [2.45, 2.75) is 39.2 Å². The van der Waals surface area contributed by atoms with Gasteiger partial charge in [0.15, 0.2) is 0 Å². The summed E-state index contributed by atoms with van der Waals surface area (Å²) in [4.78, 5) is 24.0. The van der Waals surface area contributed by atoms with Gasteiger partial charge in [0.05, 0.1) is 0 Å². The summed E-state index contributed by atoms with van der Waals surface area (Å²) in [7, 11) is 1.87. The first-order chi connectivity index (χ1) is 8.49. The van der Waals surface area contributed by atoms with Gasteiger partial charge in [0.1, 0.15) is 0 Å². The van der Waals surface area contributed by atoms with Crippen molar-refractivity contribution in [1.29, 1.82) is 0 Å². The van der Waals surface area contributed by atoms with Crippen LogP contribution in [0.4, 0.5) is 4.79 Å². The molecule has 0 fully saturated rings. The van der Waals surface area contributed by atoms with Gasteiger partial charge in [0.25, 0.3) is 0 Å². The highest BCUT2D eigenvalue weighted by Gasteiger charge is 2.16. The van der Waals surface area contributed by atoms with Gasteiger partial charge in [-0.3, -0.25) is 4.79 Å². The lowest BCUT2D eigenvalue weighted by molar-refractivity contribution is -0.137. The molecule has 2 amide bonds. The van der Waals surface area contributed by atoms with Gasteiger partial charge in [0.2, 0.25) is 0 Å². The number of carboxylic acid groups (broad SMARTS) is 1. The van der Waals surface area contributed by atoms with E-state index in [0.29, 0.717) is 19.5 Å². The van der Waals surface area contributed by atoms with Crippen molar-refractivity contribution in [2.24, 2.45) is 0 Å². The van der Waals surface area contributed by atoms with Gasteiger partial charge in [-0.15, -0.1) is 0 Å². The first kappa shape index (κ1) is 16.7. The maximum absolute atomic E-state index is 11.9. The summed E-state index contributed by atoms with van der Waals surface area (Å²) in [5.41, 5.74) is 0. The molecular formula is C12H25N3O3. The number of hydrogen-bond acceptors (Lipinski definition) is 3. The molecule has 0 rings (SSSR count). The molecule has 18 heavy (non-hydrogen) atoms. The third-order valence-corrected chi connectivity index (χ3v) is 2.55. The number of aliphatic carboxylic acids is 1. The Balaban J connectivity index is 3.99. The Kier molecular flexibility index (Phi) is 9.00. The van der Waals surface area contributed by atoms with Gasteiger partial charge < -0.3 is 20.6 Å². The van der Waals surface area contributed by atoms with E-state index in [4.69, 9.17) is 5.11 Å². The highest BCUT2D eigenvalue weighted by molar-refractivity contribution is 5.74. The monoisotopic (exact) mass is 259 g/mol. The lowest BCUT2D eigenvalue weighted by Crippen LogP contribution is -2.45. The van der Waals surface area contributed by atoms with Crippen molar-refractivity contribution < 1.29 is 14.7 Å². The molecule has 6 nitrogen and oxygen atoms in total. The molecule has 0 saturated heterocycles. The van der Waals surface area contributed by atoms with Crippen molar-refractivity contribution in [3.05, 3.63) is 0 Å². The molecule has 0 aromatic rings. The van der Waals surface area contributed by atoms with Crippen molar-refractivity contribution in [3.63, 3.8) is 0 Å². The van der Waals surface area contributed by atoms with Crippen LogP contribution < -0.4 is 10.6 Å². The largest absolute Gasteiger partial charge is 0.481 e. The van der Waals surface area contributed by atoms with Gasteiger partial charge >= 0.3 is 12.0 Å². The Morgan fingerprint density at radius 3 is 2.39 bits per heavy atom. The second-order valence-electron chi connectivity index (χ2n) is 4.47. The highest BCUT2D eigenvalue weighted by atomic mass is 16.4. The first-order valence-electron chi connectivity index (χ1n) is 6.40. The van der Waals surface area contributed by atoms with Crippen molar-refractivity contribution >= 4 is 12.0 Å². The molecule has 0 aliphatic rings. The molecular weight excluding hydrogens is 234 g/mol. The van der Waals surface area contributed by atoms with E-state index < -0.39 is 5.97 Å². The Morgan fingerprint density at radius 1 is 1.22 bits per heavy atom. The molecule has 0 aliphatic heterocycles. The summed E-state index contributed by atoms with van der Waals surface area (Å²) < 4.78 is 0. The van der Waals surface area contributed by atoms with Crippen LogP contribution in [0.2, 0.25) is 0 Å². The van der Waals surface area contributed by atoms with Gasteiger partial charge in [-0.25, -0.2) is 4.79 Å². The average molecular weight is 259 g/mol. The minimum atomic E-state index is -0.826. The Bertz CT molecular complexity index is 257. The van der Waals surface area contributed by atoms with Crippen LogP contribution >= 0.6 is 0 Å². The molecule has 0 aromatic heterocycles. The lowest BCUT2D eigenvalue weighted by atomic mass is 10.2. The SMILES string of the molecule is CNCCCNC(=O)N(CCCC(=O)O)C(C)C. The first-order valence-corrected chi connectivity index (χ1v) is 6.40. The quantitative estimate of drug-likeness (QED) is 0.537. The zero-order chi connectivity index (χ0) is 14.0. The van der Waals surface area contributed by atoms with Crippen LogP contribution in [0.15, 0.2) is 0 Å². The fourth-order valence-electron chi connectivity index (χ4n) is 1.56. The summed E-state index contributed by atoms with van der Waals surface area (Å²) in [6.07, 6.45) is 1.46. The maximum Gasteiger partial charge on any atom is 0.317 e. The number of urea groups is 1. The number of nitrogens with one attached hydrogen (secondary N) is 2. The maximum atomic E-state index is 11.9. The Morgan fingerprint density at radius 2 is 1.89 bits per heavy atom. The molecule has 0 bridgehead atoms. The number of carboxylic acids is 1. The lowest BCUT2D eigenvalue weighted by Gasteiger charge is -2.26. The van der Waals surface area contributed by atoms with Crippen LogP contribution in [-0.4, -0.2) is 54.7 Å². The number of nitrogens with zero attached hydrogens (tertiary/aromatic N) is 1. The number of carbonyl (C=O) groups is 2. The summed E-state index contributed by atoms with van der Waals surface area (Å²) in [6.45, 7) is 5.81. The zero-order valence-corrected chi connectivity index (χ0v) is 11.5. The van der Waals surface area contributed by atoms with Crippen molar-refractivity contribution in [1.82, 2.24) is 15.5 Å².